The third-order valence-corrected chi connectivity index (χ3v) is 7.49. The predicted molar refractivity (Wildman–Crippen MR) is 132 cm³/mol. The second-order valence-electron chi connectivity index (χ2n) is 9.89. The van der Waals surface area contributed by atoms with Gasteiger partial charge in [0.05, 0.1) is 6.04 Å². The van der Waals surface area contributed by atoms with Crippen LogP contribution >= 0.6 is 0 Å². The Balaban J connectivity index is 1.48. The van der Waals surface area contributed by atoms with Crippen molar-refractivity contribution in [3.8, 4) is 0 Å². The zero-order chi connectivity index (χ0) is 23.3. The van der Waals surface area contributed by atoms with E-state index in [9.17, 15) is 9.18 Å². The molecule has 178 valence electrons. The van der Waals surface area contributed by atoms with Crippen LogP contribution in [0.5, 0.6) is 0 Å². The third kappa shape index (κ3) is 5.08. The summed E-state index contributed by atoms with van der Waals surface area (Å²) in [7, 11) is 0. The first-order valence-corrected chi connectivity index (χ1v) is 12.9. The van der Waals surface area contributed by atoms with Crippen molar-refractivity contribution in [2.24, 2.45) is 0 Å². The number of nitrogens with zero attached hydrogens (tertiary/aromatic N) is 2. The summed E-state index contributed by atoms with van der Waals surface area (Å²) >= 11 is 0. The number of aromatic nitrogens is 2. The largest absolute Gasteiger partial charge is 0.347 e. The zero-order valence-corrected chi connectivity index (χ0v) is 19.8. The van der Waals surface area contributed by atoms with E-state index in [1.54, 1.807) is 12.1 Å². The molecule has 1 saturated carbocycles. The molecule has 1 aromatic heterocycles. The molecule has 1 fully saturated rings. The topological polar surface area (TPSA) is 46.9 Å². The molecular formula is C29H34FN3O. The van der Waals surface area contributed by atoms with E-state index in [1.165, 1.54) is 25.0 Å². The van der Waals surface area contributed by atoms with Gasteiger partial charge in [0.15, 0.2) is 5.69 Å². The summed E-state index contributed by atoms with van der Waals surface area (Å²) in [6.07, 6.45) is 11.0. The van der Waals surface area contributed by atoms with Gasteiger partial charge in [-0.15, -0.1) is 0 Å². The van der Waals surface area contributed by atoms with Crippen LogP contribution in [0.3, 0.4) is 0 Å². The first-order chi connectivity index (χ1) is 16.7. The van der Waals surface area contributed by atoms with Crippen molar-refractivity contribution in [1.82, 2.24) is 15.1 Å². The highest BCUT2D eigenvalue weighted by Gasteiger charge is 2.32. The Morgan fingerprint density at radius 3 is 2.41 bits per heavy atom. The van der Waals surface area contributed by atoms with Gasteiger partial charge in [-0.1, -0.05) is 68.1 Å². The van der Waals surface area contributed by atoms with E-state index in [1.807, 2.05) is 42.5 Å². The Kier molecular flexibility index (Phi) is 7.08. The molecule has 0 saturated heterocycles. The van der Waals surface area contributed by atoms with Crippen LogP contribution in [0.4, 0.5) is 4.39 Å². The average molecular weight is 460 g/mol. The van der Waals surface area contributed by atoms with Crippen molar-refractivity contribution in [3.63, 3.8) is 0 Å². The monoisotopic (exact) mass is 459 g/mol. The highest BCUT2D eigenvalue weighted by Crippen LogP contribution is 2.39. The van der Waals surface area contributed by atoms with Crippen LogP contribution in [0.1, 0.15) is 96.2 Å². The maximum absolute atomic E-state index is 13.5. The van der Waals surface area contributed by atoms with Gasteiger partial charge in [0.1, 0.15) is 5.82 Å². The number of nitrogens with one attached hydrogen (secondary N) is 1. The molecule has 2 aliphatic rings. The Labute approximate surface area is 201 Å². The molecular weight excluding hydrogens is 425 g/mol. The number of benzene rings is 2. The van der Waals surface area contributed by atoms with Crippen molar-refractivity contribution < 1.29 is 9.18 Å². The van der Waals surface area contributed by atoms with Gasteiger partial charge >= 0.3 is 0 Å². The normalized spacial score (nSPS) is 18.8. The van der Waals surface area contributed by atoms with E-state index in [4.69, 9.17) is 5.10 Å². The minimum atomic E-state index is -0.199. The van der Waals surface area contributed by atoms with Gasteiger partial charge in [-0.2, -0.15) is 5.10 Å². The molecule has 0 bridgehead atoms. The average Bonchev–Trinajstić information content (AvgIpc) is 3.14. The number of carbonyl (C=O) groups is 1. The van der Waals surface area contributed by atoms with Gasteiger partial charge in [0, 0.05) is 23.7 Å². The lowest BCUT2D eigenvalue weighted by Crippen LogP contribution is -2.25. The number of carbonyl (C=O) groups excluding carboxylic acids is 1. The maximum Gasteiger partial charge on any atom is 0.272 e. The lowest BCUT2D eigenvalue weighted by atomic mass is 9.89. The zero-order valence-electron chi connectivity index (χ0n) is 19.8. The summed E-state index contributed by atoms with van der Waals surface area (Å²) in [5, 5.41) is 8.14. The summed E-state index contributed by atoms with van der Waals surface area (Å²) in [4.78, 5) is 13.4. The van der Waals surface area contributed by atoms with Crippen molar-refractivity contribution in [3.05, 3.63) is 88.5 Å². The first kappa shape index (κ1) is 22.8. The molecule has 1 heterocycles. The number of amides is 1. The number of fused-ring (bicyclic) bond motifs is 1. The van der Waals surface area contributed by atoms with Crippen molar-refractivity contribution in [1.29, 1.82) is 0 Å². The van der Waals surface area contributed by atoms with Gasteiger partial charge in [-0.25, -0.2) is 4.39 Å². The minimum Gasteiger partial charge on any atom is -0.347 e. The van der Waals surface area contributed by atoms with Crippen LogP contribution < -0.4 is 5.32 Å². The van der Waals surface area contributed by atoms with Crippen molar-refractivity contribution in [2.75, 3.05) is 0 Å². The summed E-state index contributed by atoms with van der Waals surface area (Å²) in [5.41, 5.74) is 5.25. The van der Waals surface area contributed by atoms with Gasteiger partial charge in [-0.3, -0.25) is 9.48 Å². The summed E-state index contributed by atoms with van der Waals surface area (Å²) < 4.78 is 15.7. The standard InChI is InChI=1S/C29H34FN3O/c30-24-17-15-21(16-18-24)19-23-11-7-8-14-26-27(29(34)31-20-22-9-3-1-4-10-22)32-33(28(23)26)25-12-5-2-6-13-25/h1,3-4,9-10,15-18,23,25H,2,5-8,11-14,19-20H2,(H,31,34). The third-order valence-electron chi connectivity index (χ3n) is 7.49. The smallest absolute Gasteiger partial charge is 0.272 e. The fourth-order valence-electron chi connectivity index (χ4n) is 5.74. The van der Waals surface area contributed by atoms with E-state index >= 15 is 0 Å². The van der Waals surface area contributed by atoms with Crippen LogP contribution in [0.25, 0.3) is 0 Å². The molecule has 34 heavy (non-hydrogen) atoms. The Bertz CT molecular complexity index is 1100. The van der Waals surface area contributed by atoms with Gasteiger partial charge in [0.25, 0.3) is 5.91 Å². The molecule has 2 aromatic carbocycles. The Hall–Kier alpha value is -2.95. The van der Waals surface area contributed by atoms with E-state index in [2.05, 4.69) is 10.00 Å². The fraction of sp³-hybridized carbons (Fsp3) is 0.448. The van der Waals surface area contributed by atoms with E-state index in [0.29, 0.717) is 24.2 Å². The van der Waals surface area contributed by atoms with Gasteiger partial charge in [-0.05, 0) is 61.8 Å². The van der Waals surface area contributed by atoms with Crippen LogP contribution in [0.15, 0.2) is 54.6 Å². The summed E-state index contributed by atoms with van der Waals surface area (Å²) in [6.45, 7) is 0.504. The SMILES string of the molecule is O=C(NCc1ccccc1)c1nn(C2CCCCC2)c2c1CCCCC2Cc1ccc(F)cc1. The summed E-state index contributed by atoms with van der Waals surface area (Å²) in [5.74, 6) is 0.0279. The second kappa shape index (κ2) is 10.5. The molecule has 5 heteroatoms. The quantitative estimate of drug-likeness (QED) is 0.427. The highest BCUT2D eigenvalue weighted by atomic mass is 19.1. The number of hydrogen-bond acceptors (Lipinski definition) is 2. The fourth-order valence-corrected chi connectivity index (χ4v) is 5.74. The molecule has 4 nitrogen and oxygen atoms in total. The molecule has 1 N–H and O–H groups in total. The maximum atomic E-state index is 13.5. The van der Waals surface area contributed by atoms with Crippen molar-refractivity contribution >= 4 is 5.91 Å². The van der Waals surface area contributed by atoms with E-state index < -0.39 is 0 Å². The van der Waals surface area contributed by atoms with Gasteiger partial charge < -0.3 is 5.32 Å². The molecule has 1 amide bonds. The van der Waals surface area contributed by atoms with E-state index in [-0.39, 0.29) is 11.7 Å². The minimum absolute atomic E-state index is 0.0721. The Morgan fingerprint density at radius 1 is 0.912 bits per heavy atom. The molecule has 2 aliphatic carbocycles. The first-order valence-electron chi connectivity index (χ1n) is 12.9. The molecule has 1 atom stereocenters. The van der Waals surface area contributed by atoms with E-state index in [0.717, 1.165) is 61.6 Å². The molecule has 5 rings (SSSR count). The number of hydrogen-bond donors (Lipinski definition) is 1. The Morgan fingerprint density at radius 2 is 1.65 bits per heavy atom. The number of halogens is 1. The molecule has 0 spiro atoms. The molecule has 0 aliphatic heterocycles. The van der Waals surface area contributed by atoms with Crippen LogP contribution in [0, 0.1) is 5.82 Å². The highest BCUT2D eigenvalue weighted by molar-refractivity contribution is 5.94. The lowest BCUT2D eigenvalue weighted by Gasteiger charge is -2.27. The van der Waals surface area contributed by atoms with Crippen LogP contribution in [0.2, 0.25) is 0 Å². The second-order valence-corrected chi connectivity index (χ2v) is 9.89. The number of rotatable bonds is 6. The molecule has 0 radical (unpaired) electrons. The molecule has 1 unspecified atom stereocenters. The van der Waals surface area contributed by atoms with Crippen LogP contribution in [-0.2, 0) is 19.4 Å². The molecule has 3 aromatic rings. The summed E-state index contributed by atoms with van der Waals surface area (Å²) in [6, 6.07) is 17.3. The van der Waals surface area contributed by atoms with Crippen LogP contribution in [-0.4, -0.2) is 15.7 Å². The van der Waals surface area contributed by atoms with Crippen molar-refractivity contribution in [2.45, 2.75) is 82.7 Å². The lowest BCUT2D eigenvalue weighted by molar-refractivity contribution is 0.0943. The predicted octanol–water partition coefficient (Wildman–Crippen LogP) is 6.51. The van der Waals surface area contributed by atoms with Gasteiger partial charge in [0.2, 0.25) is 0 Å².